The molecule has 134 valence electrons. The van der Waals surface area contributed by atoms with E-state index >= 15 is 0 Å². The molecule has 1 aromatic carbocycles. The van der Waals surface area contributed by atoms with Gasteiger partial charge in [-0.05, 0) is 39.9 Å². The minimum absolute atomic E-state index is 0.0807. The molecule has 0 atom stereocenters. The molecule has 0 aromatic heterocycles. The summed E-state index contributed by atoms with van der Waals surface area (Å²) in [5.74, 6) is 0.359. The van der Waals surface area contributed by atoms with Gasteiger partial charge in [-0.15, -0.1) is 4.13 Å². The highest BCUT2D eigenvalue weighted by atomic mass is 32.3. The number of unbranched alkanes of at least 4 members (excludes halogenated alkanes) is 5. The van der Waals surface area contributed by atoms with Crippen LogP contribution in [0, 0.1) is 0 Å². The number of hydrogen-bond donors (Lipinski definition) is 2. The number of nitrogens with one attached hydrogen (secondary N) is 1. The van der Waals surface area contributed by atoms with Gasteiger partial charge in [0.05, 0.1) is 4.90 Å². The molecule has 0 radical (unpaired) electrons. The van der Waals surface area contributed by atoms with Crippen LogP contribution < -0.4 is 9.86 Å². The smallest absolute Gasteiger partial charge is 0.250 e. The maximum atomic E-state index is 13.0. The Labute approximate surface area is 140 Å². The average molecular weight is 363 g/mol. The van der Waals surface area contributed by atoms with Crippen LogP contribution in [0.3, 0.4) is 0 Å². The van der Waals surface area contributed by atoms with E-state index in [9.17, 15) is 12.6 Å². The van der Waals surface area contributed by atoms with E-state index in [-0.39, 0.29) is 4.90 Å². The van der Waals surface area contributed by atoms with Crippen molar-refractivity contribution in [2.24, 2.45) is 0 Å². The summed E-state index contributed by atoms with van der Waals surface area (Å²) in [6, 6.07) is 5.88. The quantitative estimate of drug-likeness (QED) is 0.495. The Balaban J connectivity index is 2.67. The summed E-state index contributed by atoms with van der Waals surface area (Å²) >= 11 is 0. The van der Waals surface area contributed by atoms with E-state index in [1.165, 1.54) is 56.0 Å². The van der Waals surface area contributed by atoms with Crippen molar-refractivity contribution in [3.63, 3.8) is 0 Å². The van der Waals surface area contributed by atoms with Gasteiger partial charge in [-0.3, -0.25) is 4.21 Å². The van der Waals surface area contributed by atoms with Gasteiger partial charge in [0.15, 0.2) is 0 Å². The van der Waals surface area contributed by atoms with E-state index in [1.807, 2.05) is 0 Å². The van der Waals surface area contributed by atoms with Crippen molar-refractivity contribution in [2.45, 2.75) is 50.3 Å². The van der Waals surface area contributed by atoms with Crippen LogP contribution in [0.1, 0.15) is 45.4 Å². The predicted octanol–water partition coefficient (Wildman–Crippen LogP) is 2.90. The zero-order valence-corrected chi connectivity index (χ0v) is 16.0. The fourth-order valence-electron chi connectivity index (χ4n) is 2.38. The number of benzene rings is 1. The van der Waals surface area contributed by atoms with Crippen LogP contribution in [-0.4, -0.2) is 30.9 Å². The average Bonchev–Trinajstić information content (AvgIpc) is 2.41. The van der Waals surface area contributed by atoms with Crippen LogP contribution >= 0.6 is 0 Å². The lowest BCUT2D eigenvalue weighted by Gasteiger charge is -2.34. The SMILES string of the molecule is CCCCCCCCS(C)(C)(=O)NS(=O)(=O)c1ccc(N)cc1. The third kappa shape index (κ3) is 7.46. The van der Waals surface area contributed by atoms with Crippen molar-refractivity contribution in [1.29, 1.82) is 0 Å². The van der Waals surface area contributed by atoms with E-state index in [2.05, 4.69) is 11.1 Å². The first-order valence-electron chi connectivity index (χ1n) is 8.03. The van der Waals surface area contributed by atoms with Crippen molar-refractivity contribution in [2.75, 3.05) is 24.0 Å². The second kappa shape index (κ2) is 7.77. The van der Waals surface area contributed by atoms with Gasteiger partial charge in [-0.1, -0.05) is 39.0 Å². The van der Waals surface area contributed by atoms with Crippen LogP contribution in [0.2, 0.25) is 0 Å². The fourth-order valence-corrected chi connectivity index (χ4v) is 7.37. The Bertz CT molecular complexity index is 661. The third-order valence-electron chi connectivity index (χ3n) is 3.65. The van der Waals surface area contributed by atoms with Gasteiger partial charge in [0.25, 0.3) is 0 Å². The van der Waals surface area contributed by atoms with Gasteiger partial charge in [-0.25, -0.2) is 8.42 Å². The molecule has 0 spiro atoms. The summed E-state index contributed by atoms with van der Waals surface area (Å²) in [7, 11) is -7.25. The summed E-state index contributed by atoms with van der Waals surface area (Å²) < 4.78 is 40.3. The lowest BCUT2D eigenvalue weighted by atomic mass is 10.1. The minimum Gasteiger partial charge on any atom is -0.399 e. The van der Waals surface area contributed by atoms with Crippen molar-refractivity contribution in [3.05, 3.63) is 24.3 Å². The molecule has 3 N–H and O–H groups in total. The molecule has 0 fully saturated rings. The van der Waals surface area contributed by atoms with Crippen molar-refractivity contribution in [1.82, 2.24) is 4.13 Å². The van der Waals surface area contributed by atoms with Gasteiger partial charge in [0.1, 0.15) is 0 Å². The van der Waals surface area contributed by atoms with Crippen molar-refractivity contribution in [3.8, 4) is 0 Å². The largest absolute Gasteiger partial charge is 0.399 e. The molecule has 0 saturated carbocycles. The van der Waals surface area contributed by atoms with Gasteiger partial charge >= 0.3 is 0 Å². The Hall–Kier alpha value is -0.920. The van der Waals surface area contributed by atoms with Crippen molar-refractivity contribution >= 4 is 25.0 Å². The molecule has 0 amide bonds. The monoisotopic (exact) mass is 362 g/mol. The maximum absolute atomic E-state index is 13.0. The standard InChI is InChI=1S/C16H30N2O3S2/c1-4-5-6-7-8-9-14-23(2,3,21)18-22(19,20)16-12-10-15(17)11-13-16/h10-13H,4-9,14,17H2,1-3H3,(H,18,21). The Morgan fingerprint density at radius 2 is 1.52 bits per heavy atom. The Morgan fingerprint density at radius 1 is 1.00 bits per heavy atom. The van der Waals surface area contributed by atoms with E-state index in [0.29, 0.717) is 11.4 Å². The maximum Gasteiger partial charge on any atom is 0.250 e. The number of hydrogen-bond acceptors (Lipinski definition) is 4. The Morgan fingerprint density at radius 3 is 2.09 bits per heavy atom. The lowest BCUT2D eigenvalue weighted by Crippen LogP contribution is -2.50. The molecule has 1 rings (SSSR count). The van der Waals surface area contributed by atoms with E-state index in [0.717, 1.165) is 19.3 Å². The molecule has 0 saturated heterocycles. The lowest BCUT2D eigenvalue weighted by molar-refractivity contribution is 0.589. The van der Waals surface area contributed by atoms with Gasteiger partial charge in [0.2, 0.25) is 10.0 Å². The number of sulfonamides is 1. The second-order valence-corrected chi connectivity index (χ2v) is 13.4. The first kappa shape index (κ1) is 20.1. The van der Waals surface area contributed by atoms with Crippen LogP contribution in [0.15, 0.2) is 29.2 Å². The summed E-state index contributed by atoms with van der Waals surface area (Å²) in [4.78, 5) is 0.0807. The highest BCUT2D eigenvalue weighted by Gasteiger charge is 2.31. The second-order valence-electron chi connectivity index (χ2n) is 6.70. The molecule has 0 bridgehead atoms. The van der Waals surface area contributed by atoms with Crippen molar-refractivity contribution < 1.29 is 12.6 Å². The summed E-state index contributed by atoms with van der Waals surface area (Å²) in [5, 5.41) is 0. The molecule has 0 aliphatic rings. The van der Waals surface area contributed by atoms with Crippen LogP contribution in [0.4, 0.5) is 5.69 Å². The predicted molar refractivity (Wildman–Crippen MR) is 99.4 cm³/mol. The summed E-state index contributed by atoms with van der Waals surface area (Å²) in [6.45, 7) is 2.16. The van der Waals surface area contributed by atoms with Gasteiger partial charge in [-0.2, -0.15) is 0 Å². The zero-order valence-electron chi connectivity index (χ0n) is 14.4. The minimum atomic E-state index is -3.81. The van der Waals surface area contributed by atoms with Crippen LogP contribution in [0.25, 0.3) is 0 Å². The number of rotatable bonds is 10. The molecule has 5 nitrogen and oxygen atoms in total. The first-order chi connectivity index (χ1) is 10.5. The number of nitrogen functional groups attached to an aromatic ring is 1. The normalized spacial score (nSPS) is 14.3. The van der Waals surface area contributed by atoms with E-state index in [1.54, 1.807) is 0 Å². The highest BCUT2D eigenvalue weighted by Crippen LogP contribution is 2.21. The Kier molecular flexibility index (Phi) is 6.80. The van der Waals surface area contributed by atoms with Crippen LogP contribution in [0.5, 0.6) is 0 Å². The third-order valence-corrected chi connectivity index (χ3v) is 8.97. The number of nitrogens with two attached hydrogens (primary N) is 1. The molecular formula is C16H30N2O3S2. The van der Waals surface area contributed by atoms with Gasteiger partial charge < -0.3 is 5.73 Å². The van der Waals surface area contributed by atoms with Gasteiger partial charge in [0, 0.05) is 24.0 Å². The molecule has 0 aliphatic heterocycles. The molecule has 1 aromatic rings. The van der Waals surface area contributed by atoms with Crippen LogP contribution in [-0.2, 0) is 19.3 Å². The fraction of sp³-hybridized carbons (Fsp3) is 0.625. The first-order valence-corrected chi connectivity index (χ1v) is 12.5. The topological polar surface area (TPSA) is 89.3 Å². The summed E-state index contributed by atoms with van der Waals surface area (Å²) in [6.07, 6.45) is 9.42. The molecule has 0 heterocycles. The summed E-state index contributed by atoms with van der Waals surface area (Å²) in [5.41, 5.74) is 6.06. The molecule has 23 heavy (non-hydrogen) atoms. The number of anilines is 1. The molecule has 0 unspecified atom stereocenters. The molecular weight excluding hydrogens is 332 g/mol. The molecule has 0 aliphatic carbocycles. The zero-order chi connectivity index (χ0) is 17.6. The van der Waals surface area contributed by atoms with E-state index in [4.69, 9.17) is 5.73 Å². The van der Waals surface area contributed by atoms with E-state index < -0.39 is 19.3 Å². The highest BCUT2D eigenvalue weighted by molar-refractivity contribution is 8.23. The molecule has 7 heteroatoms.